The predicted molar refractivity (Wildman–Crippen MR) is 120 cm³/mol. The number of carbonyl (C=O) groups excluding carboxylic acids is 2. The molecule has 1 aromatic carbocycles. The third-order valence-corrected chi connectivity index (χ3v) is 7.41. The maximum absolute atomic E-state index is 12.4. The minimum Gasteiger partial charge on any atom is -0.342 e. The first-order valence-corrected chi connectivity index (χ1v) is 12.6. The van der Waals surface area contributed by atoms with Gasteiger partial charge in [0.25, 0.3) is 11.6 Å². The van der Waals surface area contributed by atoms with Crippen LogP contribution in [0.25, 0.3) is 10.2 Å². The number of hydrogen-bond donors (Lipinski definition) is 0. The van der Waals surface area contributed by atoms with E-state index in [-0.39, 0.29) is 17.0 Å². The molecule has 0 unspecified atom stereocenters. The Kier molecular flexibility index (Phi) is 7.42. The highest BCUT2D eigenvalue weighted by Crippen LogP contribution is 2.23. The largest absolute Gasteiger partial charge is 0.342 e. The lowest BCUT2D eigenvalue weighted by Gasteiger charge is -2.19. The lowest BCUT2D eigenvalue weighted by molar-refractivity contribution is -0.384. The monoisotopic (exact) mass is 478 g/mol. The van der Waals surface area contributed by atoms with Crippen LogP contribution in [0.2, 0.25) is 0 Å². The molecule has 12 heteroatoms. The molecule has 1 aromatic heterocycles. The standard InChI is InChI=1S/C20H22N4O6S2/c1-2-9-23-16-8-7-15(24(27)28)12-17(16)31-20(23)21-18(25)13-32(29,30)14-19(26)22-10-5-3-4-6-11-22/h1,7-8,12H,3-6,9-11,13-14H2. The van der Waals surface area contributed by atoms with Crippen molar-refractivity contribution in [3.8, 4) is 12.3 Å². The van der Waals surface area contributed by atoms with E-state index >= 15 is 0 Å². The molecule has 2 heterocycles. The number of fused-ring (bicyclic) bond motifs is 1. The van der Waals surface area contributed by atoms with E-state index in [0.29, 0.717) is 23.3 Å². The van der Waals surface area contributed by atoms with Crippen molar-refractivity contribution in [2.45, 2.75) is 32.2 Å². The summed E-state index contributed by atoms with van der Waals surface area (Å²) >= 11 is 0.994. The Morgan fingerprint density at radius 3 is 2.50 bits per heavy atom. The zero-order chi connectivity index (χ0) is 23.3. The molecule has 1 saturated heterocycles. The Labute approximate surface area is 188 Å². The minimum atomic E-state index is -4.00. The molecule has 0 saturated carbocycles. The number of amides is 2. The third-order valence-electron chi connectivity index (χ3n) is 4.99. The van der Waals surface area contributed by atoms with Crippen LogP contribution in [-0.2, 0) is 26.0 Å². The number of thiazole rings is 1. The highest BCUT2D eigenvalue weighted by atomic mass is 32.2. The number of non-ortho nitro benzene ring substituents is 1. The molecule has 0 aliphatic carbocycles. The van der Waals surface area contributed by atoms with Gasteiger partial charge >= 0.3 is 0 Å². The van der Waals surface area contributed by atoms with Gasteiger partial charge in [0.1, 0.15) is 11.5 Å². The summed E-state index contributed by atoms with van der Waals surface area (Å²) in [6.45, 7) is 1.09. The third kappa shape index (κ3) is 5.80. The van der Waals surface area contributed by atoms with Gasteiger partial charge in [0, 0.05) is 25.2 Å². The Morgan fingerprint density at radius 1 is 1.19 bits per heavy atom. The number of likely N-dealkylation sites (tertiary alicyclic amines) is 1. The molecule has 10 nitrogen and oxygen atoms in total. The zero-order valence-electron chi connectivity index (χ0n) is 17.2. The molecule has 0 bridgehead atoms. The molecule has 1 fully saturated rings. The summed E-state index contributed by atoms with van der Waals surface area (Å²) in [5.74, 6) is -0.653. The second-order valence-electron chi connectivity index (χ2n) is 7.42. The van der Waals surface area contributed by atoms with E-state index in [2.05, 4.69) is 10.9 Å². The smallest absolute Gasteiger partial charge is 0.270 e. The number of benzene rings is 1. The van der Waals surface area contributed by atoms with Gasteiger partial charge in [-0.15, -0.1) is 6.42 Å². The lowest BCUT2D eigenvalue weighted by atomic mass is 10.2. The topological polar surface area (TPSA) is 132 Å². The molecule has 1 aliphatic heterocycles. The highest BCUT2D eigenvalue weighted by molar-refractivity contribution is 7.92. The molecule has 1 aliphatic rings. The summed E-state index contributed by atoms with van der Waals surface area (Å²) in [6.07, 6.45) is 9.06. The summed E-state index contributed by atoms with van der Waals surface area (Å²) in [6, 6.07) is 4.15. The van der Waals surface area contributed by atoms with Gasteiger partial charge in [-0.2, -0.15) is 4.99 Å². The second-order valence-corrected chi connectivity index (χ2v) is 10.5. The van der Waals surface area contributed by atoms with E-state index in [4.69, 9.17) is 6.42 Å². The molecular weight excluding hydrogens is 456 g/mol. The van der Waals surface area contributed by atoms with Crippen LogP contribution in [0.1, 0.15) is 25.7 Å². The average molecular weight is 479 g/mol. The highest BCUT2D eigenvalue weighted by Gasteiger charge is 2.25. The first kappa shape index (κ1) is 23.6. The lowest BCUT2D eigenvalue weighted by Crippen LogP contribution is -2.37. The zero-order valence-corrected chi connectivity index (χ0v) is 18.9. The molecule has 0 spiro atoms. The number of nitrogens with zero attached hydrogens (tertiary/aromatic N) is 4. The van der Waals surface area contributed by atoms with Crippen molar-refractivity contribution in [1.82, 2.24) is 9.47 Å². The van der Waals surface area contributed by atoms with Crippen molar-refractivity contribution in [2.24, 2.45) is 4.99 Å². The van der Waals surface area contributed by atoms with Gasteiger partial charge in [0.2, 0.25) is 5.91 Å². The fourth-order valence-electron chi connectivity index (χ4n) is 3.48. The van der Waals surface area contributed by atoms with Gasteiger partial charge in [-0.25, -0.2) is 8.42 Å². The molecule has 32 heavy (non-hydrogen) atoms. The molecule has 3 rings (SSSR count). The molecule has 2 amide bonds. The van der Waals surface area contributed by atoms with Crippen LogP contribution in [0, 0.1) is 22.5 Å². The normalized spacial score (nSPS) is 15.3. The van der Waals surface area contributed by atoms with Gasteiger partial charge in [-0.1, -0.05) is 30.1 Å². The Hall–Kier alpha value is -3.04. The van der Waals surface area contributed by atoms with E-state index in [1.807, 2.05) is 0 Å². The summed E-state index contributed by atoms with van der Waals surface area (Å²) in [4.78, 5) is 40.8. The van der Waals surface area contributed by atoms with Crippen molar-refractivity contribution in [3.05, 3.63) is 33.1 Å². The number of rotatable bonds is 6. The SMILES string of the molecule is C#CCn1c(=NC(=O)CS(=O)(=O)CC(=O)N2CCCCCC2)sc2cc([N+](=O)[O-])ccc21. The second kappa shape index (κ2) is 10.1. The minimum absolute atomic E-state index is 0.0458. The van der Waals surface area contributed by atoms with E-state index in [1.54, 1.807) is 0 Å². The van der Waals surface area contributed by atoms with Crippen molar-refractivity contribution in [3.63, 3.8) is 0 Å². The van der Waals surface area contributed by atoms with Crippen LogP contribution in [0.5, 0.6) is 0 Å². The quantitative estimate of drug-likeness (QED) is 0.351. The Bertz CT molecular complexity index is 1260. The predicted octanol–water partition coefficient (Wildman–Crippen LogP) is 1.49. The number of aromatic nitrogens is 1. The van der Waals surface area contributed by atoms with Crippen molar-refractivity contribution in [2.75, 3.05) is 24.6 Å². The fourth-order valence-corrected chi connectivity index (χ4v) is 5.66. The summed E-state index contributed by atoms with van der Waals surface area (Å²) in [5.41, 5.74) is 0.420. The van der Waals surface area contributed by atoms with Crippen LogP contribution in [0.15, 0.2) is 23.2 Å². The van der Waals surface area contributed by atoms with Crippen LogP contribution in [0.4, 0.5) is 5.69 Å². The number of nitro benzene ring substituents is 1. The van der Waals surface area contributed by atoms with Gasteiger partial charge < -0.3 is 9.47 Å². The summed E-state index contributed by atoms with van der Waals surface area (Å²) in [5, 5.41) is 11.0. The van der Waals surface area contributed by atoms with Crippen molar-refractivity contribution in [1.29, 1.82) is 0 Å². The fraction of sp³-hybridized carbons (Fsp3) is 0.450. The Morgan fingerprint density at radius 2 is 1.88 bits per heavy atom. The van der Waals surface area contributed by atoms with Crippen LogP contribution >= 0.6 is 11.3 Å². The molecule has 170 valence electrons. The number of nitro groups is 1. The van der Waals surface area contributed by atoms with Crippen LogP contribution in [-0.4, -0.2) is 59.2 Å². The van der Waals surface area contributed by atoms with Crippen molar-refractivity contribution < 1.29 is 22.9 Å². The molecule has 2 aromatic rings. The molecule has 0 atom stereocenters. The van der Waals surface area contributed by atoms with Gasteiger partial charge in [0.05, 0.1) is 21.7 Å². The maximum atomic E-state index is 12.4. The van der Waals surface area contributed by atoms with Gasteiger partial charge in [0.15, 0.2) is 14.6 Å². The number of sulfone groups is 1. The van der Waals surface area contributed by atoms with E-state index < -0.39 is 38.1 Å². The van der Waals surface area contributed by atoms with Crippen LogP contribution < -0.4 is 4.80 Å². The summed E-state index contributed by atoms with van der Waals surface area (Å²) < 4.78 is 26.9. The number of hydrogen-bond acceptors (Lipinski definition) is 7. The Balaban J connectivity index is 1.82. The van der Waals surface area contributed by atoms with E-state index in [1.165, 1.54) is 27.7 Å². The molecule has 0 N–H and O–H groups in total. The average Bonchev–Trinajstić information content (AvgIpc) is 2.89. The molecular formula is C20H22N4O6S2. The van der Waals surface area contributed by atoms with E-state index in [9.17, 15) is 28.1 Å². The van der Waals surface area contributed by atoms with Crippen molar-refractivity contribution >= 4 is 48.9 Å². The number of terminal acetylenes is 1. The maximum Gasteiger partial charge on any atom is 0.270 e. The van der Waals surface area contributed by atoms with Gasteiger partial charge in [-0.05, 0) is 18.9 Å². The summed E-state index contributed by atoms with van der Waals surface area (Å²) in [7, 11) is -4.00. The van der Waals surface area contributed by atoms with Crippen LogP contribution in [0.3, 0.4) is 0 Å². The van der Waals surface area contributed by atoms with Gasteiger partial charge in [-0.3, -0.25) is 19.7 Å². The number of carbonyl (C=O) groups is 2. The molecule has 0 radical (unpaired) electrons. The first-order chi connectivity index (χ1) is 15.2. The first-order valence-electron chi connectivity index (χ1n) is 9.97. The van der Waals surface area contributed by atoms with E-state index in [0.717, 1.165) is 37.0 Å².